The predicted molar refractivity (Wildman–Crippen MR) is 81.3 cm³/mol. The Labute approximate surface area is 124 Å². The summed E-state index contributed by atoms with van der Waals surface area (Å²) in [6.45, 7) is 4.84. The summed E-state index contributed by atoms with van der Waals surface area (Å²) in [5.41, 5.74) is 2.44. The topological polar surface area (TPSA) is 9.23 Å². The highest BCUT2D eigenvalue weighted by Gasteiger charge is 2.04. The molecule has 2 aromatic rings. The third-order valence-electron chi connectivity index (χ3n) is 2.93. The molecule has 0 unspecified atom stereocenters. The molecule has 0 spiro atoms. The average molecular weight is 295 g/mol. The minimum Gasteiger partial charge on any atom is -0.487 e. The second kappa shape index (κ2) is 6.31. The van der Waals surface area contributed by atoms with Crippen molar-refractivity contribution in [2.45, 2.75) is 26.4 Å². The molecule has 2 aromatic carbocycles. The van der Waals surface area contributed by atoms with Crippen LogP contribution < -0.4 is 4.74 Å². The lowest BCUT2D eigenvalue weighted by Crippen LogP contribution is -1.97. The molecule has 0 aliphatic heterocycles. The molecule has 19 heavy (non-hydrogen) atoms. The largest absolute Gasteiger partial charge is 0.487 e. The van der Waals surface area contributed by atoms with Crippen LogP contribution in [0.15, 0.2) is 42.5 Å². The van der Waals surface area contributed by atoms with Crippen molar-refractivity contribution in [2.75, 3.05) is 0 Å². The molecule has 0 saturated carbocycles. The molecule has 100 valence electrons. The Morgan fingerprint density at radius 3 is 2.32 bits per heavy atom. The second-order valence-electron chi connectivity index (χ2n) is 4.76. The van der Waals surface area contributed by atoms with Gasteiger partial charge in [-0.05, 0) is 29.2 Å². The van der Waals surface area contributed by atoms with Crippen LogP contribution in [0.2, 0.25) is 10.0 Å². The van der Waals surface area contributed by atoms with Crippen LogP contribution >= 0.6 is 23.2 Å². The molecule has 0 N–H and O–H groups in total. The molecule has 0 aromatic heterocycles. The molecule has 3 heteroatoms. The number of halogens is 2. The van der Waals surface area contributed by atoms with E-state index in [1.54, 1.807) is 18.2 Å². The quantitative estimate of drug-likeness (QED) is 0.703. The van der Waals surface area contributed by atoms with Crippen molar-refractivity contribution in [1.29, 1.82) is 0 Å². The molecule has 2 rings (SSSR count). The lowest BCUT2D eigenvalue weighted by molar-refractivity contribution is 0.306. The molecule has 0 aliphatic carbocycles. The highest BCUT2D eigenvalue weighted by Crippen LogP contribution is 2.28. The van der Waals surface area contributed by atoms with E-state index in [1.807, 2.05) is 0 Å². The summed E-state index contributed by atoms with van der Waals surface area (Å²) in [5, 5.41) is 1.19. The van der Waals surface area contributed by atoms with Gasteiger partial charge in [-0.3, -0.25) is 0 Å². The average Bonchev–Trinajstić information content (AvgIpc) is 2.40. The normalized spacial score (nSPS) is 10.8. The Balaban J connectivity index is 2.04. The first kappa shape index (κ1) is 14.2. The van der Waals surface area contributed by atoms with Crippen molar-refractivity contribution in [1.82, 2.24) is 0 Å². The number of rotatable bonds is 4. The Morgan fingerprint density at radius 2 is 1.68 bits per heavy atom. The second-order valence-corrected chi connectivity index (χ2v) is 5.60. The molecule has 0 aliphatic rings. The van der Waals surface area contributed by atoms with E-state index < -0.39 is 0 Å². The van der Waals surface area contributed by atoms with Crippen molar-refractivity contribution in [3.63, 3.8) is 0 Å². The van der Waals surface area contributed by atoms with E-state index in [0.717, 1.165) is 5.56 Å². The van der Waals surface area contributed by atoms with Gasteiger partial charge in [0.2, 0.25) is 0 Å². The first-order chi connectivity index (χ1) is 9.06. The fourth-order valence-electron chi connectivity index (χ4n) is 1.75. The van der Waals surface area contributed by atoms with Crippen LogP contribution in [0.25, 0.3) is 0 Å². The van der Waals surface area contributed by atoms with Crippen molar-refractivity contribution < 1.29 is 4.74 Å². The van der Waals surface area contributed by atoms with Gasteiger partial charge in [-0.25, -0.2) is 0 Å². The number of hydrogen-bond donors (Lipinski definition) is 0. The van der Waals surface area contributed by atoms with Gasteiger partial charge in [0.15, 0.2) is 0 Å². The molecule has 0 amide bonds. The van der Waals surface area contributed by atoms with Crippen molar-refractivity contribution >= 4 is 23.2 Å². The third-order valence-corrected chi connectivity index (χ3v) is 3.48. The Morgan fingerprint density at radius 1 is 1.00 bits per heavy atom. The zero-order valence-electron chi connectivity index (χ0n) is 11.0. The minimum atomic E-state index is 0.485. The van der Waals surface area contributed by atoms with Crippen LogP contribution in [0.3, 0.4) is 0 Å². The van der Waals surface area contributed by atoms with Crippen LogP contribution in [0, 0.1) is 0 Å². The van der Waals surface area contributed by atoms with Crippen LogP contribution in [0.5, 0.6) is 5.75 Å². The summed E-state index contributed by atoms with van der Waals surface area (Å²) in [5.74, 6) is 1.15. The first-order valence-corrected chi connectivity index (χ1v) is 6.98. The molecule has 0 saturated heterocycles. The summed E-state index contributed by atoms with van der Waals surface area (Å²) in [7, 11) is 0. The maximum absolute atomic E-state index is 6.05. The van der Waals surface area contributed by atoms with Crippen LogP contribution in [0.4, 0.5) is 0 Å². The standard InChI is InChI=1S/C16H16Cl2O/c1-11(2)13-5-3-12(4-6-13)10-19-16-9-14(17)7-8-15(16)18/h3-9,11H,10H2,1-2H3. The van der Waals surface area contributed by atoms with Gasteiger partial charge in [0.1, 0.15) is 12.4 Å². The molecule has 1 nitrogen and oxygen atoms in total. The molecule has 0 heterocycles. The van der Waals surface area contributed by atoms with Gasteiger partial charge in [0.05, 0.1) is 5.02 Å². The SMILES string of the molecule is CC(C)c1ccc(COc2cc(Cl)ccc2Cl)cc1. The Hall–Kier alpha value is -1.18. The summed E-state index contributed by atoms with van der Waals surface area (Å²) >= 11 is 12.0. The summed E-state index contributed by atoms with van der Waals surface area (Å²) in [4.78, 5) is 0. The minimum absolute atomic E-state index is 0.485. The third kappa shape index (κ3) is 3.89. The van der Waals surface area contributed by atoms with E-state index in [9.17, 15) is 0 Å². The van der Waals surface area contributed by atoms with Crippen LogP contribution in [-0.4, -0.2) is 0 Å². The first-order valence-electron chi connectivity index (χ1n) is 6.23. The van der Waals surface area contributed by atoms with Gasteiger partial charge in [0, 0.05) is 11.1 Å². The molecule has 0 atom stereocenters. The monoisotopic (exact) mass is 294 g/mol. The lowest BCUT2D eigenvalue weighted by Gasteiger charge is -2.10. The maximum atomic E-state index is 6.05. The fourth-order valence-corrected chi connectivity index (χ4v) is 2.08. The summed E-state index contributed by atoms with van der Waals surface area (Å²) in [6.07, 6.45) is 0. The van der Waals surface area contributed by atoms with Crippen LogP contribution in [0.1, 0.15) is 30.9 Å². The zero-order chi connectivity index (χ0) is 13.8. The highest BCUT2D eigenvalue weighted by atomic mass is 35.5. The predicted octanol–water partition coefficient (Wildman–Crippen LogP) is 5.70. The number of benzene rings is 2. The van der Waals surface area contributed by atoms with Gasteiger partial charge >= 0.3 is 0 Å². The van der Waals surface area contributed by atoms with E-state index in [4.69, 9.17) is 27.9 Å². The van der Waals surface area contributed by atoms with Gasteiger partial charge in [-0.1, -0.05) is 61.3 Å². The Bertz CT molecular complexity index is 547. The molecule has 0 fully saturated rings. The summed E-state index contributed by atoms with van der Waals surface area (Å²) in [6, 6.07) is 13.6. The van der Waals surface area contributed by atoms with Crippen LogP contribution in [-0.2, 0) is 6.61 Å². The van der Waals surface area contributed by atoms with E-state index in [2.05, 4.69) is 38.1 Å². The van der Waals surface area contributed by atoms with Gasteiger partial charge in [0.25, 0.3) is 0 Å². The lowest BCUT2D eigenvalue weighted by atomic mass is 10.0. The van der Waals surface area contributed by atoms with Crippen molar-refractivity contribution in [3.05, 3.63) is 63.6 Å². The van der Waals surface area contributed by atoms with E-state index in [0.29, 0.717) is 28.3 Å². The van der Waals surface area contributed by atoms with Gasteiger partial charge < -0.3 is 4.74 Å². The van der Waals surface area contributed by atoms with E-state index in [-0.39, 0.29) is 0 Å². The highest BCUT2D eigenvalue weighted by molar-refractivity contribution is 6.34. The van der Waals surface area contributed by atoms with Gasteiger partial charge in [-0.15, -0.1) is 0 Å². The van der Waals surface area contributed by atoms with E-state index >= 15 is 0 Å². The number of hydrogen-bond acceptors (Lipinski definition) is 1. The van der Waals surface area contributed by atoms with Crippen molar-refractivity contribution in [3.8, 4) is 5.75 Å². The molecule has 0 radical (unpaired) electrons. The van der Waals surface area contributed by atoms with Crippen molar-refractivity contribution in [2.24, 2.45) is 0 Å². The summed E-state index contributed by atoms with van der Waals surface area (Å²) < 4.78 is 5.69. The smallest absolute Gasteiger partial charge is 0.139 e. The fraction of sp³-hybridized carbons (Fsp3) is 0.250. The molecular formula is C16H16Cl2O. The maximum Gasteiger partial charge on any atom is 0.139 e. The number of ether oxygens (including phenoxy) is 1. The van der Waals surface area contributed by atoms with E-state index in [1.165, 1.54) is 5.56 Å². The molecular weight excluding hydrogens is 279 g/mol. The molecule has 0 bridgehead atoms. The Kier molecular flexibility index (Phi) is 4.73. The zero-order valence-corrected chi connectivity index (χ0v) is 12.5. The van der Waals surface area contributed by atoms with Gasteiger partial charge in [-0.2, -0.15) is 0 Å².